The fourth-order valence-corrected chi connectivity index (χ4v) is 2.49. The quantitative estimate of drug-likeness (QED) is 0.780. The highest BCUT2D eigenvalue weighted by atomic mass is 16.5. The first-order valence-corrected chi connectivity index (χ1v) is 7.12. The van der Waals surface area contributed by atoms with Crippen molar-refractivity contribution in [3.05, 3.63) is 0 Å². The van der Waals surface area contributed by atoms with Crippen LogP contribution in [0.2, 0.25) is 0 Å². The molecule has 2 rings (SSSR count). The summed E-state index contributed by atoms with van der Waals surface area (Å²) in [5, 5.41) is 6.46. The molecule has 104 valence electrons. The summed E-state index contributed by atoms with van der Waals surface area (Å²) in [4.78, 5) is 11.9. The molecule has 0 aromatic heterocycles. The fourth-order valence-electron chi connectivity index (χ4n) is 2.49. The van der Waals surface area contributed by atoms with E-state index in [0.29, 0.717) is 12.3 Å². The monoisotopic (exact) mass is 254 g/mol. The third-order valence-corrected chi connectivity index (χ3v) is 3.58. The van der Waals surface area contributed by atoms with Crippen LogP contribution in [0, 0.1) is 5.92 Å². The van der Waals surface area contributed by atoms with Gasteiger partial charge in [-0.1, -0.05) is 0 Å². The molecule has 0 radical (unpaired) electrons. The molecule has 4 nitrogen and oxygen atoms in total. The van der Waals surface area contributed by atoms with Gasteiger partial charge < -0.3 is 15.4 Å². The molecule has 0 aromatic rings. The highest BCUT2D eigenvalue weighted by Gasteiger charge is 2.41. The van der Waals surface area contributed by atoms with Crippen LogP contribution in [0.25, 0.3) is 0 Å². The van der Waals surface area contributed by atoms with Gasteiger partial charge in [-0.2, -0.15) is 0 Å². The molecule has 2 unspecified atom stereocenters. The summed E-state index contributed by atoms with van der Waals surface area (Å²) in [5.41, 5.74) is 0.0767. The number of amides is 1. The Morgan fingerprint density at radius 3 is 2.61 bits per heavy atom. The van der Waals surface area contributed by atoms with Crippen molar-refractivity contribution in [2.45, 2.75) is 64.1 Å². The Kier molecular flexibility index (Phi) is 4.28. The normalized spacial score (nSPS) is 28.4. The Labute approximate surface area is 110 Å². The molecule has 0 aromatic carbocycles. The van der Waals surface area contributed by atoms with Crippen molar-refractivity contribution >= 4 is 5.91 Å². The first kappa shape index (κ1) is 13.8. The molecule has 0 spiro atoms. The molecular weight excluding hydrogens is 228 g/mol. The lowest BCUT2D eigenvalue weighted by Crippen LogP contribution is -2.43. The van der Waals surface area contributed by atoms with E-state index in [1.54, 1.807) is 0 Å². The van der Waals surface area contributed by atoms with E-state index in [4.69, 9.17) is 4.74 Å². The molecule has 2 fully saturated rings. The molecule has 1 amide bonds. The van der Waals surface area contributed by atoms with E-state index in [1.807, 2.05) is 0 Å². The maximum absolute atomic E-state index is 11.9. The predicted molar refractivity (Wildman–Crippen MR) is 71.4 cm³/mol. The Morgan fingerprint density at radius 1 is 1.28 bits per heavy atom. The van der Waals surface area contributed by atoms with Gasteiger partial charge in [0.25, 0.3) is 0 Å². The maximum Gasteiger partial charge on any atom is 0.221 e. The molecule has 1 saturated heterocycles. The highest BCUT2D eigenvalue weighted by Crippen LogP contribution is 2.38. The van der Waals surface area contributed by atoms with Gasteiger partial charge in [0.05, 0.1) is 12.1 Å². The first-order valence-electron chi connectivity index (χ1n) is 7.12. The minimum Gasteiger partial charge on any atom is -0.376 e. The minimum atomic E-state index is 0.0767. The van der Waals surface area contributed by atoms with Crippen LogP contribution >= 0.6 is 0 Å². The topological polar surface area (TPSA) is 50.4 Å². The van der Waals surface area contributed by atoms with E-state index in [9.17, 15) is 4.79 Å². The number of carbonyl (C=O) groups is 1. The zero-order chi connectivity index (χ0) is 13.2. The number of carbonyl (C=O) groups excluding carboxylic acids is 1. The van der Waals surface area contributed by atoms with Crippen LogP contribution in [0.3, 0.4) is 0 Å². The summed E-state index contributed by atoms with van der Waals surface area (Å²) >= 11 is 0. The SMILES string of the molecule is CC(C)(C)NCCC(=O)NC1CCOC1C1CC1. The van der Waals surface area contributed by atoms with E-state index < -0.39 is 0 Å². The number of hydrogen-bond donors (Lipinski definition) is 2. The summed E-state index contributed by atoms with van der Waals surface area (Å²) in [7, 11) is 0. The van der Waals surface area contributed by atoms with Gasteiger partial charge in [-0.3, -0.25) is 4.79 Å². The van der Waals surface area contributed by atoms with Crippen LogP contribution in [0.4, 0.5) is 0 Å². The van der Waals surface area contributed by atoms with Crippen LogP contribution in [0.5, 0.6) is 0 Å². The van der Waals surface area contributed by atoms with Crippen molar-refractivity contribution in [3.63, 3.8) is 0 Å². The van der Waals surface area contributed by atoms with Gasteiger partial charge >= 0.3 is 0 Å². The molecule has 4 heteroatoms. The zero-order valence-electron chi connectivity index (χ0n) is 11.8. The van der Waals surface area contributed by atoms with Crippen molar-refractivity contribution in [3.8, 4) is 0 Å². The smallest absolute Gasteiger partial charge is 0.221 e. The van der Waals surface area contributed by atoms with Gasteiger partial charge in [0.15, 0.2) is 0 Å². The molecule has 1 aliphatic carbocycles. The summed E-state index contributed by atoms with van der Waals surface area (Å²) in [5.74, 6) is 0.846. The Hall–Kier alpha value is -0.610. The molecule has 2 atom stereocenters. The molecular formula is C14H26N2O2. The van der Waals surface area contributed by atoms with Gasteiger partial charge in [-0.05, 0) is 46.0 Å². The summed E-state index contributed by atoms with van der Waals surface area (Å²) in [6.07, 6.45) is 4.33. The van der Waals surface area contributed by atoms with Gasteiger partial charge in [0, 0.05) is 25.1 Å². The average Bonchev–Trinajstić information content (AvgIpc) is 2.98. The van der Waals surface area contributed by atoms with E-state index in [0.717, 1.165) is 19.6 Å². The van der Waals surface area contributed by atoms with Crippen molar-refractivity contribution in [2.75, 3.05) is 13.2 Å². The lowest BCUT2D eigenvalue weighted by Gasteiger charge is -2.22. The lowest BCUT2D eigenvalue weighted by atomic mass is 10.1. The van der Waals surface area contributed by atoms with Crippen molar-refractivity contribution in [2.24, 2.45) is 5.92 Å². The number of ether oxygens (including phenoxy) is 1. The second-order valence-corrected chi connectivity index (χ2v) is 6.56. The largest absolute Gasteiger partial charge is 0.376 e. The molecule has 1 saturated carbocycles. The summed E-state index contributed by atoms with van der Waals surface area (Å²) in [6, 6.07) is 0.250. The average molecular weight is 254 g/mol. The highest BCUT2D eigenvalue weighted by molar-refractivity contribution is 5.76. The van der Waals surface area contributed by atoms with E-state index in [2.05, 4.69) is 31.4 Å². The van der Waals surface area contributed by atoms with Gasteiger partial charge in [0.2, 0.25) is 5.91 Å². The van der Waals surface area contributed by atoms with Crippen LogP contribution < -0.4 is 10.6 Å². The first-order chi connectivity index (χ1) is 8.46. The predicted octanol–water partition coefficient (Wildman–Crippen LogP) is 1.45. The second kappa shape index (κ2) is 5.57. The maximum atomic E-state index is 11.9. The standard InChI is InChI=1S/C14H26N2O2/c1-14(2,3)15-8-6-12(17)16-11-7-9-18-13(11)10-4-5-10/h10-11,13,15H,4-9H2,1-3H3,(H,16,17). The lowest BCUT2D eigenvalue weighted by molar-refractivity contribution is -0.122. The molecule has 18 heavy (non-hydrogen) atoms. The molecule has 0 bridgehead atoms. The summed E-state index contributed by atoms with van der Waals surface area (Å²) < 4.78 is 5.72. The fraction of sp³-hybridized carbons (Fsp3) is 0.929. The van der Waals surface area contributed by atoms with Crippen LogP contribution in [-0.4, -0.2) is 36.7 Å². The van der Waals surface area contributed by atoms with Crippen molar-refractivity contribution < 1.29 is 9.53 Å². The molecule has 1 aliphatic heterocycles. The van der Waals surface area contributed by atoms with E-state index in [-0.39, 0.29) is 23.6 Å². The Morgan fingerprint density at radius 2 is 2.00 bits per heavy atom. The van der Waals surface area contributed by atoms with Gasteiger partial charge in [-0.25, -0.2) is 0 Å². The zero-order valence-corrected chi connectivity index (χ0v) is 11.8. The van der Waals surface area contributed by atoms with Crippen LogP contribution in [-0.2, 0) is 9.53 Å². The Bertz CT molecular complexity index is 295. The molecule has 1 heterocycles. The number of nitrogens with one attached hydrogen (secondary N) is 2. The van der Waals surface area contributed by atoms with Gasteiger partial charge in [0.1, 0.15) is 0 Å². The minimum absolute atomic E-state index is 0.0767. The molecule has 2 N–H and O–H groups in total. The van der Waals surface area contributed by atoms with E-state index in [1.165, 1.54) is 12.8 Å². The third kappa shape index (κ3) is 4.25. The number of rotatable bonds is 5. The van der Waals surface area contributed by atoms with Gasteiger partial charge in [-0.15, -0.1) is 0 Å². The Balaban J connectivity index is 1.67. The second-order valence-electron chi connectivity index (χ2n) is 6.56. The molecule has 2 aliphatic rings. The van der Waals surface area contributed by atoms with Crippen molar-refractivity contribution in [1.29, 1.82) is 0 Å². The van der Waals surface area contributed by atoms with E-state index >= 15 is 0 Å². The third-order valence-electron chi connectivity index (χ3n) is 3.58. The van der Waals surface area contributed by atoms with Crippen molar-refractivity contribution in [1.82, 2.24) is 10.6 Å². The van der Waals surface area contributed by atoms with Crippen LogP contribution in [0.15, 0.2) is 0 Å². The van der Waals surface area contributed by atoms with Crippen LogP contribution in [0.1, 0.15) is 46.5 Å². The number of hydrogen-bond acceptors (Lipinski definition) is 3. The summed E-state index contributed by atoms with van der Waals surface area (Å²) in [6.45, 7) is 7.86.